The molecule has 0 radical (unpaired) electrons. The van der Waals surface area contributed by atoms with Crippen LogP contribution in [0, 0.1) is 0 Å². The second-order valence-electron chi connectivity index (χ2n) is 3.14. The van der Waals surface area contributed by atoms with Crippen molar-refractivity contribution in [1.29, 1.82) is 0 Å². The number of hydrogen-bond acceptors (Lipinski definition) is 1. The SMILES string of the molecule is [Ti][C]1=CC=C2N=c3ccccc3=C12. The molecular formula is C11H6NTi. The molecular weight excluding hydrogens is 194 g/mol. The topological polar surface area (TPSA) is 12.4 Å². The Bertz CT molecular complexity index is 564. The minimum absolute atomic E-state index is 1.11. The molecule has 1 nitrogen and oxygen atoms in total. The Balaban J connectivity index is 2.54. The molecule has 1 aromatic rings. The van der Waals surface area contributed by atoms with Crippen LogP contribution in [-0.2, 0) is 20.4 Å². The van der Waals surface area contributed by atoms with Crippen molar-refractivity contribution < 1.29 is 20.4 Å². The van der Waals surface area contributed by atoms with E-state index in [0.717, 1.165) is 11.1 Å². The zero-order chi connectivity index (χ0) is 8.84. The van der Waals surface area contributed by atoms with E-state index in [1.54, 1.807) is 0 Å². The van der Waals surface area contributed by atoms with Crippen LogP contribution in [-0.4, -0.2) is 0 Å². The van der Waals surface area contributed by atoms with Crippen LogP contribution >= 0.6 is 0 Å². The van der Waals surface area contributed by atoms with Gasteiger partial charge < -0.3 is 0 Å². The average Bonchev–Trinajstić information content (AvgIpc) is 2.66. The Morgan fingerprint density at radius 3 is 2.85 bits per heavy atom. The second-order valence-corrected chi connectivity index (χ2v) is 3.98. The van der Waals surface area contributed by atoms with E-state index < -0.39 is 0 Å². The first-order valence-electron chi connectivity index (χ1n) is 4.19. The molecule has 0 spiro atoms. The summed E-state index contributed by atoms with van der Waals surface area (Å²) in [5.74, 6) is 0. The first-order valence-corrected chi connectivity index (χ1v) is 4.97. The molecule has 0 unspecified atom stereocenters. The van der Waals surface area contributed by atoms with Crippen molar-refractivity contribution in [2.45, 2.75) is 0 Å². The van der Waals surface area contributed by atoms with E-state index in [4.69, 9.17) is 0 Å². The fourth-order valence-corrected chi connectivity index (χ4v) is 2.30. The number of rotatable bonds is 0. The molecule has 13 heavy (non-hydrogen) atoms. The molecule has 1 aliphatic carbocycles. The molecule has 0 saturated heterocycles. The van der Waals surface area contributed by atoms with Gasteiger partial charge in [-0.3, -0.25) is 0 Å². The van der Waals surface area contributed by atoms with Gasteiger partial charge in [0.15, 0.2) is 0 Å². The minimum atomic E-state index is 1.11. The normalized spacial score (nSPS) is 17.3. The third-order valence-electron chi connectivity index (χ3n) is 2.35. The van der Waals surface area contributed by atoms with Gasteiger partial charge in [-0.25, -0.2) is 0 Å². The molecule has 0 amide bonds. The van der Waals surface area contributed by atoms with E-state index in [0.29, 0.717) is 0 Å². The third-order valence-corrected chi connectivity index (χ3v) is 3.00. The Hall–Kier alpha value is -0.916. The van der Waals surface area contributed by atoms with Crippen molar-refractivity contribution in [2.24, 2.45) is 4.99 Å². The van der Waals surface area contributed by atoms with Crippen molar-refractivity contribution in [1.82, 2.24) is 0 Å². The summed E-state index contributed by atoms with van der Waals surface area (Å²) in [4.78, 5) is 4.54. The first kappa shape index (κ1) is 7.48. The summed E-state index contributed by atoms with van der Waals surface area (Å²) in [5, 5.41) is 2.39. The molecule has 0 aromatic heterocycles. The second kappa shape index (κ2) is 2.54. The van der Waals surface area contributed by atoms with Gasteiger partial charge in [0.25, 0.3) is 0 Å². The standard InChI is InChI=1S/C11H6N.Ti/c1-2-6-10-8(4-1)9-5-3-7-11(9)12-10;/h1-4,6-7H;. The monoisotopic (exact) mass is 200 g/mol. The molecule has 3 rings (SSSR count). The van der Waals surface area contributed by atoms with Gasteiger partial charge in [0, 0.05) is 0 Å². The van der Waals surface area contributed by atoms with Gasteiger partial charge in [0.05, 0.1) is 0 Å². The molecule has 2 aliphatic rings. The van der Waals surface area contributed by atoms with Crippen molar-refractivity contribution in [3.8, 4) is 0 Å². The van der Waals surface area contributed by atoms with Crippen molar-refractivity contribution in [3.63, 3.8) is 0 Å². The molecule has 1 aromatic carbocycles. The average molecular weight is 200 g/mol. The van der Waals surface area contributed by atoms with Crippen LogP contribution in [0.25, 0.3) is 5.57 Å². The van der Waals surface area contributed by atoms with Crippen LogP contribution in [0.5, 0.6) is 0 Å². The van der Waals surface area contributed by atoms with Crippen LogP contribution in [0.1, 0.15) is 0 Å². The molecule has 1 aliphatic heterocycles. The van der Waals surface area contributed by atoms with Gasteiger partial charge in [-0.15, -0.1) is 0 Å². The van der Waals surface area contributed by atoms with E-state index in [-0.39, 0.29) is 0 Å². The van der Waals surface area contributed by atoms with Gasteiger partial charge in [0.2, 0.25) is 0 Å². The number of benzene rings is 1. The first-order chi connectivity index (χ1) is 6.36. The molecule has 0 saturated carbocycles. The van der Waals surface area contributed by atoms with Crippen molar-refractivity contribution in [2.75, 3.05) is 0 Å². The molecule has 2 heteroatoms. The molecule has 59 valence electrons. The summed E-state index contributed by atoms with van der Waals surface area (Å²) in [7, 11) is 0. The van der Waals surface area contributed by atoms with Crippen LogP contribution < -0.4 is 10.6 Å². The number of fused-ring (bicyclic) bond motifs is 2. The van der Waals surface area contributed by atoms with Crippen LogP contribution in [0.4, 0.5) is 0 Å². The van der Waals surface area contributed by atoms with Gasteiger partial charge in [-0.1, -0.05) is 0 Å². The summed E-state index contributed by atoms with van der Waals surface area (Å²) in [6.45, 7) is 0. The predicted octanol–water partition coefficient (Wildman–Crippen LogP) is 0.799. The fraction of sp³-hybridized carbons (Fsp3) is 0. The summed E-state index contributed by atoms with van der Waals surface area (Å²) >= 11 is 2.14. The van der Waals surface area contributed by atoms with Gasteiger partial charge >= 0.3 is 87.6 Å². The number of hydrogen-bond donors (Lipinski definition) is 0. The zero-order valence-electron chi connectivity index (χ0n) is 6.91. The van der Waals surface area contributed by atoms with Gasteiger partial charge in [-0.2, -0.15) is 0 Å². The van der Waals surface area contributed by atoms with Crippen LogP contribution in [0.15, 0.2) is 51.0 Å². The van der Waals surface area contributed by atoms with Gasteiger partial charge in [-0.05, 0) is 0 Å². The van der Waals surface area contributed by atoms with E-state index in [1.165, 1.54) is 14.7 Å². The van der Waals surface area contributed by atoms with Crippen LogP contribution in [0.2, 0.25) is 0 Å². The van der Waals surface area contributed by atoms with E-state index >= 15 is 0 Å². The van der Waals surface area contributed by atoms with Crippen molar-refractivity contribution >= 4 is 5.57 Å². The summed E-state index contributed by atoms with van der Waals surface area (Å²) in [6, 6.07) is 8.30. The quantitative estimate of drug-likeness (QED) is 0.549. The van der Waals surface area contributed by atoms with Crippen molar-refractivity contribution in [3.05, 3.63) is 56.6 Å². The van der Waals surface area contributed by atoms with E-state index in [2.05, 4.69) is 55.8 Å². The summed E-state index contributed by atoms with van der Waals surface area (Å²) in [5.41, 5.74) is 2.44. The molecule has 0 N–H and O–H groups in total. The third kappa shape index (κ3) is 0.947. The number of para-hydroxylation sites is 1. The maximum absolute atomic E-state index is 4.54. The van der Waals surface area contributed by atoms with E-state index in [1.807, 2.05) is 6.07 Å². The molecule has 0 bridgehead atoms. The Labute approximate surface area is 87.6 Å². The Morgan fingerprint density at radius 2 is 1.92 bits per heavy atom. The molecule has 1 heterocycles. The predicted molar refractivity (Wildman–Crippen MR) is 46.8 cm³/mol. The Morgan fingerprint density at radius 1 is 1.08 bits per heavy atom. The molecule has 0 fully saturated rings. The summed E-state index contributed by atoms with van der Waals surface area (Å²) < 4.78 is 1.32. The summed E-state index contributed by atoms with van der Waals surface area (Å²) in [6.07, 6.45) is 4.22. The van der Waals surface area contributed by atoms with Crippen LogP contribution in [0.3, 0.4) is 0 Å². The molecule has 0 atom stereocenters. The fourth-order valence-electron chi connectivity index (χ4n) is 1.76. The zero-order valence-corrected chi connectivity index (χ0v) is 8.47. The Kier molecular flexibility index (Phi) is 1.46. The van der Waals surface area contributed by atoms with E-state index in [9.17, 15) is 0 Å². The van der Waals surface area contributed by atoms with Gasteiger partial charge in [0.1, 0.15) is 0 Å². The maximum atomic E-state index is 4.54. The number of allylic oxidation sites excluding steroid dienone is 3. The number of nitrogens with zero attached hydrogens (tertiary/aromatic N) is 1.